The van der Waals surface area contributed by atoms with E-state index >= 15 is 0 Å². The van der Waals surface area contributed by atoms with Crippen LogP contribution in [0.25, 0.3) is 0 Å². The topological polar surface area (TPSA) is 69.1 Å². The molecule has 78 valence electrons. The van der Waals surface area contributed by atoms with Crippen LogP contribution in [0.4, 0.5) is 5.69 Å². The maximum absolute atomic E-state index is 10.8. The third-order valence-corrected chi connectivity index (χ3v) is 1.84. The number of benzene rings is 1. The highest BCUT2D eigenvalue weighted by Gasteiger charge is 2.08. The highest BCUT2D eigenvalue weighted by Crippen LogP contribution is 2.21. The Balaban J connectivity index is 0.000000791. The minimum Gasteiger partial charge on any atom is -0.398 e. The van der Waals surface area contributed by atoms with Gasteiger partial charge in [-0.15, -0.1) is 0 Å². The molecule has 1 rings (SSSR count). The molecule has 0 atom stereocenters. The molecule has 0 aromatic heterocycles. The Hall–Kier alpha value is -1.22. The lowest BCUT2D eigenvalue weighted by molar-refractivity contribution is 0.100. The number of rotatable bonds is 1. The van der Waals surface area contributed by atoms with Gasteiger partial charge in [0, 0.05) is 10.7 Å². The summed E-state index contributed by atoms with van der Waals surface area (Å²) in [5.74, 6) is -0.557. The summed E-state index contributed by atoms with van der Waals surface area (Å²) in [5, 5.41) is 0.468. The number of hydrogen-bond acceptors (Lipinski definition) is 2. The van der Waals surface area contributed by atoms with Crippen LogP contribution in [0.5, 0.6) is 0 Å². The molecule has 0 fully saturated rings. The van der Waals surface area contributed by atoms with E-state index in [2.05, 4.69) is 0 Å². The van der Waals surface area contributed by atoms with Crippen molar-refractivity contribution in [2.75, 3.05) is 5.73 Å². The van der Waals surface area contributed by atoms with Crippen molar-refractivity contribution in [1.82, 2.24) is 0 Å². The molecule has 0 bridgehead atoms. The lowest BCUT2D eigenvalue weighted by atomic mass is 10.1. The Labute approximate surface area is 89.0 Å². The van der Waals surface area contributed by atoms with Crippen LogP contribution in [0.15, 0.2) is 12.1 Å². The number of amides is 1. The number of aryl methyl sites for hydroxylation is 1. The number of nitrogen functional groups attached to an aromatic ring is 1. The smallest absolute Gasteiger partial charge is 0.250 e. The van der Waals surface area contributed by atoms with Crippen molar-refractivity contribution < 1.29 is 4.79 Å². The number of halogens is 1. The van der Waals surface area contributed by atoms with Gasteiger partial charge in [0.05, 0.1) is 5.56 Å². The molecular formula is C10H15ClN2O. The summed E-state index contributed by atoms with van der Waals surface area (Å²) in [4.78, 5) is 10.8. The standard InChI is InChI=1S/C8H9ClN2O.C2H6/c1-4-2-5(9)3-6(7(4)10)8(11)12;1-2/h2-3H,10H2,1H3,(H2,11,12);1-2H3. The Bertz CT molecular complexity index is 337. The summed E-state index contributed by atoms with van der Waals surface area (Å²) < 4.78 is 0. The monoisotopic (exact) mass is 214 g/mol. The molecule has 0 spiro atoms. The van der Waals surface area contributed by atoms with Crippen LogP contribution >= 0.6 is 11.6 Å². The van der Waals surface area contributed by atoms with Crippen LogP contribution < -0.4 is 11.5 Å². The zero-order valence-corrected chi connectivity index (χ0v) is 9.35. The van der Waals surface area contributed by atoms with Gasteiger partial charge < -0.3 is 11.5 Å². The Morgan fingerprint density at radius 2 is 1.86 bits per heavy atom. The van der Waals surface area contributed by atoms with Gasteiger partial charge in [0.15, 0.2) is 0 Å². The predicted octanol–water partition coefficient (Wildman–Crippen LogP) is 2.36. The summed E-state index contributed by atoms with van der Waals surface area (Å²) in [5.41, 5.74) is 12.1. The molecule has 0 aliphatic rings. The number of carbonyl (C=O) groups excluding carboxylic acids is 1. The van der Waals surface area contributed by atoms with Crippen molar-refractivity contribution in [3.63, 3.8) is 0 Å². The highest BCUT2D eigenvalue weighted by atomic mass is 35.5. The molecular weight excluding hydrogens is 200 g/mol. The predicted molar refractivity (Wildman–Crippen MR) is 60.5 cm³/mol. The fourth-order valence-corrected chi connectivity index (χ4v) is 1.23. The molecule has 0 saturated carbocycles. The molecule has 0 unspecified atom stereocenters. The molecule has 4 heteroatoms. The quantitative estimate of drug-likeness (QED) is 0.705. The van der Waals surface area contributed by atoms with E-state index in [1.165, 1.54) is 6.07 Å². The number of nitrogens with two attached hydrogens (primary N) is 2. The van der Waals surface area contributed by atoms with Crippen LogP contribution in [-0.4, -0.2) is 5.91 Å². The minimum atomic E-state index is -0.557. The Kier molecular flexibility index (Phi) is 5.02. The maximum Gasteiger partial charge on any atom is 0.250 e. The van der Waals surface area contributed by atoms with Crippen LogP contribution in [-0.2, 0) is 0 Å². The van der Waals surface area contributed by atoms with Crippen LogP contribution in [0.1, 0.15) is 29.8 Å². The molecule has 1 aromatic carbocycles. The van der Waals surface area contributed by atoms with Crippen molar-refractivity contribution in [3.8, 4) is 0 Å². The van der Waals surface area contributed by atoms with E-state index in [1.54, 1.807) is 13.0 Å². The van der Waals surface area contributed by atoms with E-state index in [0.717, 1.165) is 5.56 Å². The van der Waals surface area contributed by atoms with E-state index < -0.39 is 5.91 Å². The lowest BCUT2D eigenvalue weighted by Crippen LogP contribution is -2.14. The van der Waals surface area contributed by atoms with Crippen molar-refractivity contribution in [2.24, 2.45) is 5.73 Å². The number of carbonyl (C=O) groups is 1. The number of primary amides is 1. The molecule has 0 aliphatic carbocycles. The van der Waals surface area contributed by atoms with Crippen molar-refractivity contribution in [3.05, 3.63) is 28.3 Å². The van der Waals surface area contributed by atoms with Crippen molar-refractivity contribution in [1.29, 1.82) is 0 Å². The van der Waals surface area contributed by atoms with E-state index in [9.17, 15) is 4.79 Å². The van der Waals surface area contributed by atoms with Gasteiger partial charge in [-0.05, 0) is 24.6 Å². The molecule has 0 aliphatic heterocycles. The molecule has 0 radical (unpaired) electrons. The van der Waals surface area contributed by atoms with Crippen LogP contribution in [0, 0.1) is 6.92 Å². The largest absolute Gasteiger partial charge is 0.398 e. The summed E-state index contributed by atoms with van der Waals surface area (Å²) in [6.07, 6.45) is 0. The average molecular weight is 215 g/mol. The SMILES string of the molecule is CC.Cc1cc(Cl)cc(C(N)=O)c1N. The number of hydrogen-bond donors (Lipinski definition) is 2. The first-order valence-corrected chi connectivity index (χ1v) is 4.75. The number of anilines is 1. The highest BCUT2D eigenvalue weighted by molar-refractivity contribution is 6.31. The molecule has 0 heterocycles. The normalized spacial score (nSPS) is 8.86. The molecule has 4 N–H and O–H groups in total. The van der Waals surface area contributed by atoms with Gasteiger partial charge >= 0.3 is 0 Å². The summed E-state index contributed by atoms with van der Waals surface area (Å²) >= 11 is 5.70. The maximum atomic E-state index is 10.8. The summed E-state index contributed by atoms with van der Waals surface area (Å²) in [7, 11) is 0. The molecule has 1 amide bonds. The molecule has 1 aromatic rings. The lowest BCUT2D eigenvalue weighted by Gasteiger charge is -2.05. The van der Waals surface area contributed by atoms with Gasteiger partial charge in [0.2, 0.25) is 0 Å². The Morgan fingerprint density at radius 1 is 1.36 bits per heavy atom. The van der Waals surface area contributed by atoms with Gasteiger partial charge in [-0.1, -0.05) is 25.4 Å². The van der Waals surface area contributed by atoms with Gasteiger partial charge in [-0.25, -0.2) is 0 Å². The molecule has 0 saturated heterocycles. The molecule has 14 heavy (non-hydrogen) atoms. The van der Waals surface area contributed by atoms with Gasteiger partial charge in [0.1, 0.15) is 0 Å². The van der Waals surface area contributed by atoms with Gasteiger partial charge in [-0.2, -0.15) is 0 Å². The fourth-order valence-electron chi connectivity index (χ4n) is 0.958. The van der Waals surface area contributed by atoms with Gasteiger partial charge in [-0.3, -0.25) is 4.79 Å². The second-order valence-electron chi connectivity index (χ2n) is 2.55. The summed E-state index contributed by atoms with van der Waals surface area (Å²) in [6.45, 7) is 5.77. The second kappa shape index (κ2) is 5.50. The van der Waals surface area contributed by atoms with Crippen LogP contribution in [0.3, 0.4) is 0 Å². The summed E-state index contributed by atoms with van der Waals surface area (Å²) in [6, 6.07) is 3.15. The minimum absolute atomic E-state index is 0.278. The van der Waals surface area contributed by atoms with E-state index in [1.807, 2.05) is 13.8 Å². The zero-order chi connectivity index (χ0) is 11.3. The fraction of sp³-hybridized carbons (Fsp3) is 0.300. The van der Waals surface area contributed by atoms with Gasteiger partial charge in [0.25, 0.3) is 5.91 Å². The third-order valence-electron chi connectivity index (χ3n) is 1.62. The zero-order valence-electron chi connectivity index (χ0n) is 8.60. The molecule has 3 nitrogen and oxygen atoms in total. The van der Waals surface area contributed by atoms with Crippen LogP contribution in [0.2, 0.25) is 5.02 Å². The van der Waals surface area contributed by atoms with E-state index in [0.29, 0.717) is 10.7 Å². The van der Waals surface area contributed by atoms with E-state index in [4.69, 9.17) is 23.1 Å². The van der Waals surface area contributed by atoms with E-state index in [-0.39, 0.29) is 5.56 Å². The third kappa shape index (κ3) is 2.92. The average Bonchev–Trinajstić information content (AvgIpc) is 2.14. The first kappa shape index (κ1) is 12.8. The van der Waals surface area contributed by atoms with Crippen molar-refractivity contribution in [2.45, 2.75) is 20.8 Å². The first-order valence-electron chi connectivity index (χ1n) is 4.38. The first-order chi connectivity index (χ1) is 6.52. The Morgan fingerprint density at radius 3 is 2.29 bits per heavy atom. The van der Waals surface area contributed by atoms with Crippen molar-refractivity contribution >= 4 is 23.2 Å². The second-order valence-corrected chi connectivity index (χ2v) is 2.98.